The first-order valence-corrected chi connectivity index (χ1v) is 7.77. The van der Waals surface area contributed by atoms with Crippen molar-refractivity contribution < 1.29 is 13.9 Å². The van der Waals surface area contributed by atoms with Crippen LogP contribution in [0.5, 0.6) is 0 Å². The van der Waals surface area contributed by atoms with Crippen molar-refractivity contribution in [2.24, 2.45) is 0 Å². The van der Waals surface area contributed by atoms with Crippen molar-refractivity contribution in [1.82, 2.24) is 4.98 Å². The van der Waals surface area contributed by atoms with Gasteiger partial charge in [0.2, 0.25) is 0 Å². The molecule has 0 fully saturated rings. The van der Waals surface area contributed by atoms with E-state index >= 15 is 0 Å². The topological polar surface area (TPSA) is 52.3 Å². The summed E-state index contributed by atoms with van der Waals surface area (Å²) in [5, 5.41) is 0. The predicted octanol–water partition coefficient (Wildman–Crippen LogP) is 3.59. The van der Waals surface area contributed by atoms with Crippen LogP contribution >= 0.6 is 11.3 Å². The number of hydrogen-bond acceptors (Lipinski definition) is 5. The number of oxazole rings is 1. The van der Waals surface area contributed by atoms with Gasteiger partial charge in [0.1, 0.15) is 0 Å². The van der Waals surface area contributed by atoms with E-state index in [4.69, 9.17) is 4.42 Å². The molecule has 0 saturated carbocycles. The van der Waals surface area contributed by atoms with Crippen LogP contribution < -0.4 is 0 Å². The van der Waals surface area contributed by atoms with E-state index in [1.165, 1.54) is 24.8 Å². The number of ether oxygens (including phenoxy) is 1. The fourth-order valence-corrected chi connectivity index (χ4v) is 2.69. The zero-order chi connectivity index (χ0) is 16.8. The van der Waals surface area contributed by atoms with Crippen molar-refractivity contribution >= 4 is 17.3 Å². The van der Waals surface area contributed by atoms with Gasteiger partial charge in [0.25, 0.3) is 0 Å². The monoisotopic (exact) mass is 333 g/mol. The number of thiophene rings is 1. The third kappa shape index (κ3) is 3.73. The first-order chi connectivity index (χ1) is 11.8. The van der Waals surface area contributed by atoms with Crippen LogP contribution in [0.25, 0.3) is 10.6 Å². The van der Waals surface area contributed by atoms with Gasteiger partial charge in [0.15, 0.2) is 12.2 Å². The van der Waals surface area contributed by atoms with Crippen LogP contribution in [0.1, 0.15) is 20.8 Å². The Morgan fingerprint density at radius 3 is 2.62 bits per heavy atom. The second-order valence-corrected chi connectivity index (χ2v) is 5.68. The number of benzene rings is 1. The minimum absolute atomic E-state index is 0.366. The number of rotatable bonds is 2. The number of carbonyl (C=O) groups excluding carboxylic acids is 1. The number of nitrogens with zero attached hydrogens (tertiary/aromatic N) is 1. The quantitative estimate of drug-likeness (QED) is 0.531. The molecule has 2 aromatic heterocycles. The molecular formula is C19H11NO3S. The van der Waals surface area contributed by atoms with Gasteiger partial charge in [-0.25, -0.2) is 9.78 Å². The smallest absolute Gasteiger partial charge is 0.337 e. The van der Waals surface area contributed by atoms with Gasteiger partial charge in [-0.2, -0.15) is 0 Å². The Bertz CT molecular complexity index is 962. The zero-order valence-electron chi connectivity index (χ0n) is 12.7. The molecule has 3 aromatic rings. The van der Waals surface area contributed by atoms with E-state index in [1.54, 1.807) is 30.5 Å². The summed E-state index contributed by atoms with van der Waals surface area (Å²) in [5.41, 5.74) is 1.28. The molecule has 0 N–H and O–H groups in total. The molecule has 0 unspecified atom stereocenters. The molecule has 0 amide bonds. The highest BCUT2D eigenvalue weighted by Crippen LogP contribution is 2.26. The van der Waals surface area contributed by atoms with E-state index in [0.29, 0.717) is 5.56 Å². The van der Waals surface area contributed by atoms with E-state index in [1.807, 2.05) is 12.1 Å². The third-order valence-corrected chi connectivity index (χ3v) is 4.06. The van der Waals surface area contributed by atoms with Gasteiger partial charge in [-0.15, -0.1) is 11.3 Å². The molecular weight excluding hydrogens is 322 g/mol. The van der Waals surface area contributed by atoms with Crippen LogP contribution in [-0.2, 0) is 4.74 Å². The first kappa shape index (κ1) is 15.6. The Labute approximate surface area is 143 Å². The Morgan fingerprint density at radius 1 is 1.12 bits per heavy atom. The fraction of sp³-hybridized carbons (Fsp3) is 0.0526. The molecule has 0 aliphatic carbocycles. The van der Waals surface area contributed by atoms with E-state index in [0.717, 1.165) is 21.1 Å². The third-order valence-electron chi connectivity index (χ3n) is 3.04. The molecule has 0 radical (unpaired) electrons. The SMILES string of the molecule is COC(=O)c1ccc(C#CC#Cc2ccc(-c3cnco3)s2)cc1. The highest BCUT2D eigenvalue weighted by Gasteiger charge is 2.04. The molecule has 0 aliphatic heterocycles. The van der Waals surface area contributed by atoms with Crippen LogP contribution in [0.4, 0.5) is 0 Å². The molecule has 0 bridgehead atoms. The Balaban J connectivity index is 1.68. The molecule has 116 valence electrons. The fourth-order valence-electron chi connectivity index (χ4n) is 1.88. The van der Waals surface area contributed by atoms with Crippen LogP contribution in [0, 0.1) is 23.7 Å². The van der Waals surface area contributed by atoms with Gasteiger partial charge in [-0.3, -0.25) is 0 Å². The van der Waals surface area contributed by atoms with Gasteiger partial charge in [0, 0.05) is 5.56 Å². The van der Waals surface area contributed by atoms with Crippen molar-refractivity contribution in [2.75, 3.05) is 7.11 Å². The van der Waals surface area contributed by atoms with E-state index < -0.39 is 0 Å². The second kappa shape index (κ2) is 7.32. The molecule has 3 rings (SSSR count). The Hall–Kier alpha value is -3.28. The maximum absolute atomic E-state index is 11.3. The van der Waals surface area contributed by atoms with Crippen molar-refractivity contribution in [3.05, 3.63) is 65.0 Å². The van der Waals surface area contributed by atoms with Gasteiger partial charge < -0.3 is 9.15 Å². The van der Waals surface area contributed by atoms with Crippen molar-refractivity contribution in [3.63, 3.8) is 0 Å². The number of aromatic nitrogens is 1. The minimum Gasteiger partial charge on any atom is -0.465 e. The van der Waals surface area contributed by atoms with Gasteiger partial charge >= 0.3 is 5.97 Å². The highest BCUT2D eigenvalue weighted by molar-refractivity contribution is 7.15. The van der Waals surface area contributed by atoms with Crippen molar-refractivity contribution in [1.29, 1.82) is 0 Å². The summed E-state index contributed by atoms with van der Waals surface area (Å²) in [6.07, 6.45) is 3.07. The van der Waals surface area contributed by atoms with Crippen LogP contribution in [-0.4, -0.2) is 18.1 Å². The van der Waals surface area contributed by atoms with Gasteiger partial charge in [0.05, 0.1) is 28.6 Å². The Morgan fingerprint density at radius 2 is 1.92 bits per heavy atom. The van der Waals surface area contributed by atoms with E-state index in [-0.39, 0.29) is 5.97 Å². The summed E-state index contributed by atoms with van der Waals surface area (Å²) >= 11 is 1.52. The minimum atomic E-state index is -0.366. The largest absolute Gasteiger partial charge is 0.465 e. The number of hydrogen-bond donors (Lipinski definition) is 0. The molecule has 0 atom stereocenters. The molecule has 0 saturated heterocycles. The molecule has 2 heterocycles. The number of carbonyl (C=O) groups is 1. The average Bonchev–Trinajstić information content (AvgIpc) is 3.30. The normalized spacial score (nSPS) is 9.38. The number of methoxy groups -OCH3 is 1. The summed E-state index contributed by atoms with van der Waals surface area (Å²) in [4.78, 5) is 17.1. The summed E-state index contributed by atoms with van der Waals surface area (Å²) in [6.45, 7) is 0. The molecule has 0 spiro atoms. The molecule has 5 heteroatoms. The highest BCUT2D eigenvalue weighted by atomic mass is 32.1. The lowest BCUT2D eigenvalue weighted by molar-refractivity contribution is 0.0600. The van der Waals surface area contributed by atoms with Gasteiger partial charge in [-0.1, -0.05) is 5.92 Å². The lowest BCUT2D eigenvalue weighted by Crippen LogP contribution is -2.00. The second-order valence-electron chi connectivity index (χ2n) is 4.60. The first-order valence-electron chi connectivity index (χ1n) is 6.95. The summed E-state index contributed by atoms with van der Waals surface area (Å²) in [7, 11) is 1.35. The summed E-state index contributed by atoms with van der Waals surface area (Å²) in [5.74, 6) is 11.9. The maximum atomic E-state index is 11.3. The van der Waals surface area contributed by atoms with Gasteiger partial charge in [-0.05, 0) is 54.2 Å². The van der Waals surface area contributed by atoms with Crippen LogP contribution in [0.3, 0.4) is 0 Å². The molecule has 1 aromatic carbocycles. The molecule has 24 heavy (non-hydrogen) atoms. The molecule has 4 nitrogen and oxygen atoms in total. The maximum Gasteiger partial charge on any atom is 0.337 e. The predicted molar refractivity (Wildman–Crippen MR) is 91.4 cm³/mol. The van der Waals surface area contributed by atoms with Crippen LogP contribution in [0.15, 0.2) is 53.4 Å². The lowest BCUT2D eigenvalue weighted by atomic mass is 10.1. The standard InChI is InChI=1S/C19H11NO3S/c1-22-19(21)15-8-6-14(7-9-15)4-2-3-5-16-10-11-18(24-16)17-12-20-13-23-17/h6-13H,1H3. The van der Waals surface area contributed by atoms with E-state index in [2.05, 4.69) is 33.4 Å². The number of esters is 1. The lowest BCUT2D eigenvalue weighted by Gasteiger charge is -1.97. The van der Waals surface area contributed by atoms with Crippen molar-refractivity contribution in [3.8, 4) is 34.3 Å². The van der Waals surface area contributed by atoms with Crippen molar-refractivity contribution in [2.45, 2.75) is 0 Å². The molecule has 0 aliphatic rings. The Kier molecular flexibility index (Phi) is 4.76. The summed E-state index contributed by atoms with van der Waals surface area (Å²) < 4.78 is 9.89. The van der Waals surface area contributed by atoms with E-state index in [9.17, 15) is 4.79 Å². The summed E-state index contributed by atoms with van der Waals surface area (Å²) in [6, 6.07) is 10.7. The average molecular weight is 333 g/mol. The zero-order valence-corrected chi connectivity index (χ0v) is 13.5. The van der Waals surface area contributed by atoms with Crippen LogP contribution in [0.2, 0.25) is 0 Å².